The molecule has 24 heavy (non-hydrogen) atoms. The third-order valence-corrected chi connectivity index (χ3v) is 3.43. The van der Waals surface area contributed by atoms with Crippen LogP contribution in [0.3, 0.4) is 0 Å². The van der Waals surface area contributed by atoms with E-state index in [0.29, 0.717) is 22.7 Å². The number of rotatable bonds is 6. The summed E-state index contributed by atoms with van der Waals surface area (Å²) in [5.41, 5.74) is 1.53. The topological polar surface area (TPSA) is 76.7 Å². The van der Waals surface area contributed by atoms with Crippen LogP contribution >= 0.6 is 0 Å². The zero-order chi connectivity index (χ0) is 17.5. The lowest BCUT2D eigenvalue weighted by atomic mass is 10.2. The van der Waals surface area contributed by atoms with E-state index in [1.807, 2.05) is 0 Å². The summed E-state index contributed by atoms with van der Waals surface area (Å²) in [7, 11) is 3.23. The number of hydrogen-bond acceptors (Lipinski definition) is 5. The molecular weight excluding hydrogens is 308 g/mol. The predicted molar refractivity (Wildman–Crippen MR) is 92.5 cm³/mol. The Morgan fingerprint density at radius 1 is 1.00 bits per heavy atom. The van der Waals surface area contributed by atoms with Crippen LogP contribution in [0.15, 0.2) is 48.5 Å². The van der Waals surface area contributed by atoms with Crippen LogP contribution in [-0.2, 0) is 9.53 Å². The highest BCUT2D eigenvalue weighted by atomic mass is 16.5. The average Bonchev–Trinajstić information content (AvgIpc) is 2.61. The summed E-state index contributed by atoms with van der Waals surface area (Å²) in [4.78, 5) is 24.5. The number of hydrogen-bond donors (Lipinski definition) is 2. The summed E-state index contributed by atoms with van der Waals surface area (Å²) in [6, 6.07) is 14.0. The third kappa shape index (κ3) is 4.04. The van der Waals surface area contributed by atoms with E-state index in [9.17, 15) is 9.59 Å². The Morgan fingerprint density at radius 2 is 1.62 bits per heavy atom. The summed E-state index contributed by atoms with van der Waals surface area (Å²) in [6.45, 7) is 1.52. The van der Waals surface area contributed by atoms with Crippen LogP contribution in [0.1, 0.15) is 17.3 Å². The van der Waals surface area contributed by atoms with Gasteiger partial charge in [-0.05, 0) is 31.2 Å². The van der Waals surface area contributed by atoms with E-state index in [1.165, 1.54) is 14.0 Å². The van der Waals surface area contributed by atoms with Crippen LogP contribution in [0.5, 0.6) is 5.75 Å². The Kier molecular flexibility index (Phi) is 5.78. The first-order valence-corrected chi connectivity index (χ1v) is 7.48. The van der Waals surface area contributed by atoms with Crippen molar-refractivity contribution in [1.82, 2.24) is 0 Å². The van der Waals surface area contributed by atoms with Crippen molar-refractivity contribution in [3.8, 4) is 5.75 Å². The smallest absolute Gasteiger partial charge is 0.341 e. The Morgan fingerprint density at radius 3 is 2.29 bits per heavy atom. The molecule has 6 nitrogen and oxygen atoms in total. The maximum absolute atomic E-state index is 12.2. The lowest BCUT2D eigenvalue weighted by molar-refractivity contribution is -0.123. The van der Waals surface area contributed by atoms with Crippen molar-refractivity contribution in [3.05, 3.63) is 54.1 Å². The molecule has 0 spiro atoms. The van der Waals surface area contributed by atoms with Crippen LogP contribution in [0.2, 0.25) is 0 Å². The number of para-hydroxylation sites is 3. The Labute approximate surface area is 140 Å². The van der Waals surface area contributed by atoms with Gasteiger partial charge in [-0.25, -0.2) is 4.79 Å². The number of anilines is 2. The minimum atomic E-state index is -0.952. The van der Waals surface area contributed by atoms with Crippen molar-refractivity contribution in [1.29, 1.82) is 0 Å². The predicted octanol–water partition coefficient (Wildman–Crippen LogP) is 2.92. The molecule has 0 aromatic heterocycles. The average molecular weight is 328 g/mol. The van der Waals surface area contributed by atoms with Gasteiger partial charge in [0.05, 0.1) is 18.4 Å². The standard InChI is InChI=1S/C18H20N2O4/c1-12(17(21)20-15-10-6-7-11-16(15)23-3)24-18(22)13-8-4-5-9-14(13)19-2/h4-12,19H,1-3H3,(H,20,21). The van der Waals surface area contributed by atoms with Crippen LogP contribution in [0.4, 0.5) is 11.4 Å². The largest absolute Gasteiger partial charge is 0.495 e. The third-order valence-electron chi connectivity index (χ3n) is 3.43. The van der Waals surface area contributed by atoms with Gasteiger partial charge in [-0.3, -0.25) is 4.79 Å². The SMILES string of the molecule is CNc1ccccc1C(=O)OC(C)C(=O)Nc1ccccc1OC. The van der Waals surface area contributed by atoms with Crippen molar-refractivity contribution < 1.29 is 19.1 Å². The minimum Gasteiger partial charge on any atom is -0.495 e. The molecule has 0 aliphatic carbocycles. The van der Waals surface area contributed by atoms with Crippen molar-refractivity contribution in [2.24, 2.45) is 0 Å². The zero-order valence-corrected chi connectivity index (χ0v) is 13.8. The first-order valence-electron chi connectivity index (χ1n) is 7.48. The normalized spacial score (nSPS) is 11.3. The molecular formula is C18H20N2O4. The van der Waals surface area contributed by atoms with Gasteiger partial charge in [-0.2, -0.15) is 0 Å². The minimum absolute atomic E-state index is 0.372. The Hall–Kier alpha value is -3.02. The highest BCUT2D eigenvalue weighted by Gasteiger charge is 2.21. The van der Waals surface area contributed by atoms with E-state index in [-0.39, 0.29) is 0 Å². The van der Waals surface area contributed by atoms with Crippen molar-refractivity contribution in [3.63, 3.8) is 0 Å². The number of carbonyl (C=O) groups is 2. The number of nitrogens with one attached hydrogen (secondary N) is 2. The summed E-state index contributed by atoms with van der Waals surface area (Å²) in [5, 5.41) is 5.61. The van der Waals surface area contributed by atoms with Crippen LogP contribution < -0.4 is 15.4 Å². The van der Waals surface area contributed by atoms with Gasteiger partial charge in [0, 0.05) is 12.7 Å². The van der Waals surface area contributed by atoms with Gasteiger partial charge in [0.15, 0.2) is 6.10 Å². The molecule has 0 saturated heterocycles. The van der Waals surface area contributed by atoms with E-state index in [2.05, 4.69) is 10.6 Å². The highest BCUT2D eigenvalue weighted by molar-refractivity contribution is 6.00. The fourth-order valence-electron chi connectivity index (χ4n) is 2.14. The van der Waals surface area contributed by atoms with Gasteiger partial charge in [-0.15, -0.1) is 0 Å². The number of esters is 1. The molecule has 0 radical (unpaired) electrons. The quantitative estimate of drug-likeness (QED) is 0.797. The molecule has 1 unspecified atom stereocenters. The summed E-state index contributed by atoms with van der Waals surface area (Å²) in [5.74, 6) is -0.470. The monoisotopic (exact) mass is 328 g/mol. The van der Waals surface area contributed by atoms with E-state index in [4.69, 9.17) is 9.47 Å². The maximum atomic E-state index is 12.2. The second kappa shape index (κ2) is 8.01. The van der Waals surface area contributed by atoms with Crippen LogP contribution in [-0.4, -0.2) is 32.1 Å². The lowest BCUT2D eigenvalue weighted by Crippen LogP contribution is -2.30. The molecule has 0 aliphatic rings. The molecule has 0 aliphatic heterocycles. The van der Waals surface area contributed by atoms with Crippen molar-refractivity contribution in [2.45, 2.75) is 13.0 Å². The second-order valence-electron chi connectivity index (χ2n) is 5.03. The second-order valence-corrected chi connectivity index (χ2v) is 5.03. The molecule has 2 aromatic rings. The van der Waals surface area contributed by atoms with Gasteiger partial charge in [0.1, 0.15) is 5.75 Å². The van der Waals surface area contributed by atoms with Gasteiger partial charge in [-0.1, -0.05) is 24.3 Å². The number of amides is 1. The summed E-state index contributed by atoms with van der Waals surface area (Å²) < 4.78 is 10.4. The number of ether oxygens (including phenoxy) is 2. The van der Waals surface area contributed by atoms with E-state index in [1.54, 1.807) is 55.6 Å². The van der Waals surface area contributed by atoms with E-state index in [0.717, 1.165) is 0 Å². The molecule has 0 heterocycles. The molecule has 2 aromatic carbocycles. The molecule has 0 fully saturated rings. The van der Waals surface area contributed by atoms with Gasteiger partial charge in [0.25, 0.3) is 5.91 Å². The van der Waals surface area contributed by atoms with Gasteiger partial charge >= 0.3 is 5.97 Å². The number of benzene rings is 2. The lowest BCUT2D eigenvalue weighted by Gasteiger charge is -2.16. The number of carbonyl (C=O) groups excluding carboxylic acids is 2. The van der Waals surface area contributed by atoms with Crippen molar-refractivity contribution >= 4 is 23.3 Å². The number of methoxy groups -OCH3 is 1. The first-order chi connectivity index (χ1) is 11.6. The highest BCUT2D eigenvalue weighted by Crippen LogP contribution is 2.23. The Bertz CT molecular complexity index is 730. The molecule has 126 valence electrons. The fraction of sp³-hybridized carbons (Fsp3) is 0.222. The Balaban J connectivity index is 2.05. The van der Waals surface area contributed by atoms with E-state index >= 15 is 0 Å². The summed E-state index contributed by atoms with van der Waals surface area (Å²) in [6.07, 6.45) is -0.952. The van der Waals surface area contributed by atoms with E-state index < -0.39 is 18.0 Å². The summed E-state index contributed by atoms with van der Waals surface area (Å²) >= 11 is 0. The molecule has 2 rings (SSSR count). The first kappa shape index (κ1) is 17.3. The molecule has 0 bridgehead atoms. The molecule has 1 atom stereocenters. The van der Waals surface area contributed by atoms with Gasteiger partial charge in [0.2, 0.25) is 0 Å². The molecule has 2 N–H and O–H groups in total. The maximum Gasteiger partial charge on any atom is 0.341 e. The molecule has 6 heteroatoms. The van der Waals surface area contributed by atoms with Gasteiger partial charge < -0.3 is 20.1 Å². The molecule has 0 saturated carbocycles. The van der Waals surface area contributed by atoms with Crippen LogP contribution in [0, 0.1) is 0 Å². The molecule has 1 amide bonds. The zero-order valence-electron chi connectivity index (χ0n) is 13.8. The fourth-order valence-corrected chi connectivity index (χ4v) is 2.14. The van der Waals surface area contributed by atoms with Crippen molar-refractivity contribution in [2.75, 3.05) is 24.8 Å². The van der Waals surface area contributed by atoms with Crippen LogP contribution in [0.25, 0.3) is 0 Å².